The Balaban J connectivity index is 2.20. The lowest BCUT2D eigenvalue weighted by atomic mass is 10.2. The number of halogens is 2. The highest BCUT2D eigenvalue weighted by atomic mass is 32.2. The van der Waals surface area contributed by atoms with E-state index in [-0.39, 0.29) is 39.8 Å². The smallest absolute Gasteiger partial charge is 0.267 e. The molecule has 0 spiro atoms. The predicted octanol–water partition coefficient (Wildman–Crippen LogP) is 2.42. The second-order valence-electron chi connectivity index (χ2n) is 4.80. The number of benzene rings is 1. The molecule has 0 saturated heterocycles. The number of H-pyrrole nitrogens is 1. The van der Waals surface area contributed by atoms with Crippen molar-refractivity contribution in [3.05, 3.63) is 45.8 Å². The molecule has 23 heavy (non-hydrogen) atoms. The maximum absolute atomic E-state index is 13.6. The number of anilines is 1. The van der Waals surface area contributed by atoms with Crippen molar-refractivity contribution >= 4 is 30.2 Å². The fourth-order valence-corrected chi connectivity index (χ4v) is 2.71. The zero-order chi connectivity index (χ0) is 17.0. The van der Waals surface area contributed by atoms with Gasteiger partial charge in [0, 0.05) is 17.4 Å². The van der Waals surface area contributed by atoms with E-state index in [9.17, 15) is 13.6 Å². The van der Waals surface area contributed by atoms with Crippen LogP contribution in [0, 0.1) is 11.6 Å². The molecule has 9 heteroatoms. The molecule has 0 fully saturated rings. The van der Waals surface area contributed by atoms with E-state index in [1.807, 2.05) is 0 Å². The van der Waals surface area contributed by atoms with Gasteiger partial charge in [-0.15, -0.1) is 12.6 Å². The molecule has 1 aromatic carbocycles. The molecule has 3 N–H and O–H groups in total. The average Bonchev–Trinajstić information content (AvgIpc) is 2.53. The molecule has 0 saturated carbocycles. The summed E-state index contributed by atoms with van der Waals surface area (Å²) in [4.78, 5) is 18.6. The third kappa shape index (κ3) is 4.46. The van der Waals surface area contributed by atoms with Crippen molar-refractivity contribution in [3.63, 3.8) is 0 Å². The number of hydrogen-bond donors (Lipinski definition) is 4. The third-order valence-electron chi connectivity index (χ3n) is 2.93. The van der Waals surface area contributed by atoms with Crippen LogP contribution in [0.1, 0.15) is 12.5 Å². The summed E-state index contributed by atoms with van der Waals surface area (Å²) in [6.45, 7) is 1.57. The summed E-state index contributed by atoms with van der Waals surface area (Å²) >= 11 is 5.13. The molecule has 124 valence electrons. The first kappa shape index (κ1) is 17.8. The monoisotopic (exact) mass is 359 g/mol. The largest absolute Gasteiger partial charge is 0.394 e. The molecule has 1 atom stereocenters. The SMILES string of the molecule is C[C@H](CO)Nc1nc(SCc2cccc(F)c2F)[nH]c(=O)c1S. The average molecular weight is 359 g/mol. The number of rotatable bonds is 6. The van der Waals surface area contributed by atoms with Crippen LogP contribution in [0.5, 0.6) is 0 Å². The van der Waals surface area contributed by atoms with Gasteiger partial charge < -0.3 is 15.4 Å². The van der Waals surface area contributed by atoms with Gasteiger partial charge >= 0.3 is 0 Å². The van der Waals surface area contributed by atoms with Gasteiger partial charge in [-0.3, -0.25) is 4.79 Å². The molecule has 5 nitrogen and oxygen atoms in total. The lowest BCUT2D eigenvalue weighted by Gasteiger charge is -2.13. The zero-order valence-electron chi connectivity index (χ0n) is 12.1. The number of aliphatic hydroxyl groups excluding tert-OH is 1. The summed E-state index contributed by atoms with van der Waals surface area (Å²) < 4.78 is 26.8. The van der Waals surface area contributed by atoms with Gasteiger partial charge in [0.1, 0.15) is 10.7 Å². The zero-order valence-corrected chi connectivity index (χ0v) is 13.8. The van der Waals surface area contributed by atoms with Crippen LogP contribution in [-0.2, 0) is 5.75 Å². The first-order valence-corrected chi connectivity index (χ1v) is 8.12. The summed E-state index contributed by atoms with van der Waals surface area (Å²) in [6, 6.07) is 3.60. The van der Waals surface area contributed by atoms with Crippen molar-refractivity contribution in [2.75, 3.05) is 11.9 Å². The Morgan fingerprint density at radius 2 is 2.22 bits per heavy atom. The van der Waals surface area contributed by atoms with Crippen molar-refractivity contribution in [1.29, 1.82) is 0 Å². The van der Waals surface area contributed by atoms with Crippen LogP contribution in [0.4, 0.5) is 14.6 Å². The molecule has 0 aliphatic heterocycles. The van der Waals surface area contributed by atoms with Crippen molar-refractivity contribution in [3.8, 4) is 0 Å². The Labute approximate surface area is 141 Å². The van der Waals surface area contributed by atoms with Gasteiger partial charge in [-0.1, -0.05) is 23.9 Å². The lowest BCUT2D eigenvalue weighted by molar-refractivity contribution is 0.281. The number of aromatic amines is 1. The number of aliphatic hydroxyl groups is 1. The molecule has 0 amide bonds. The highest BCUT2D eigenvalue weighted by molar-refractivity contribution is 7.98. The van der Waals surface area contributed by atoms with Gasteiger partial charge in [0.2, 0.25) is 0 Å². The number of hydrogen-bond acceptors (Lipinski definition) is 6. The number of nitrogens with zero attached hydrogens (tertiary/aromatic N) is 1. The van der Waals surface area contributed by atoms with Gasteiger partial charge in [0.25, 0.3) is 5.56 Å². The predicted molar refractivity (Wildman–Crippen MR) is 88.2 cm³/mol. The molecule has 2 rings (SSSR count). The van der Waals surface area contributed by atoms with E-state index >= 15 is 0 Å². The van der Waals surface area contributed by atoms with E-state index in [2.05, 4.69) is 27.9 Å². The second-order valence-corrected chi connectivity index (χ2v) is 6.21. The minimum absolute atomic E-state index is 0.0894. The third-order valence-corrected chi connectivity index (χ3v) is 4.26. The summed E-state index contributed by atoms with van der Waals surface area (Å²) in [7, 11) is 0. The van der Waals surface area contributed by atoms with Gasteiger partial charge in [-0.25, -0.2) is 13.8 Å². The Kier molecular flexibility index (Phi) is 6.03. The normalized spacial score (nSPS) is 12.2. The minimum Gasteiger partial charge on any atom is -0.394 e. The standard InChI is InChI=1S/C14H15F2N3O2S2/c1-7(5-20)17-12-11(22)13(21)19-14(18-12)23-6-8-3-2-4-9(15)10(8)16/h2-4,7,20,22H,5-6H2,1H3,(H2,17,18,19,21)/t7-/m1/s1. The summed E-state index contributed by atoms with van der Waals surface area (Å²) in [5, 5.41) is 12.1. The summed E-state index contributed by atoms with van der Waals surface area (Å²) in [5.41, 5.74) is -0.288. The molecule has 0 aliphatic rings. The van der Waals surface area contributed by atoms with Crippen LogP contribution in [0.3, 0.4) is 0 Å². The van der Waals surface area contributed by atoms with Crippen LogP contribution >= 0.6 is 24.4 Å². The molecule has 0 aliphatic carbocycles. The maximum Gasteiger partial charge on any atom is 0.267 e. The second kappa shape index (κ2) is 7.80. The van der Waals surface area contributed by atoms with Gasteiger partial charge in [-0.05, 0) is 13.0 Å². The van der Waals surface area contributed by atoms with E-state index < -0.39 is 17.2 Å². The van der Waals surface area contributed by atoms with Crippen LogP contribution in [-0.4, -0.2) is 27.7 Å². The van der Waals surface area contributed by atoms with Crippen LogP contribution < -0.4 is 10.9 Å². The summed E-state index contributed by atoms with van der Waals surface area (Å²) in [6.07, 6.45) is 0. The van der Waals surface area contributed by atoms with Gasteiger partial charge in [0.15, 0.2) is 16.8 Å². The quantitative estimate of drug-likeness (QED) is 0.362. The van der Waals surface area contributed by atoms with Crippen molar-refractivity contribution in [2.45, 2.75) is 28.8 Å². The van der Waals surface area contributed by atoms with Crippen LogP contribution in [0.25, 0.3) is 0 Å². The molecule has 1 aromatic heterocycles. The maximum atomic E-state index is 13.6. The Morgan fingerprint density at radius 1 is 1.48 bits per heavy atom. The van der Waals surface area contributed by atoms with Crippen molar-refractivity contribution in [2.24, 2.45) is 0 Å². The minimum atomic E-state index is -0.922. The molecule has 0 unspecified atom stereocenters. The van der Waals surface area contributed by atoms with Crippen molar-refractivity contribution in [1.82, 2.24) is 9.97 Å². The van der Waals surface area contributed by atoms with Crippen LogP contribution in [0.15, 0.2) is 33.0 Å². The number of thioether (sulfide) groups is 1. The molecule has 1 heterocycles. The molecule has 0 radical (unpaired) electrons. The van der Waals surface area contributed by atoms with Gasteiger partial charge in [-0.2, -0.15) is 0 Å². The first-order chi connectivity index (χ1) is 10.9. The van der Waals surface area contributed by atoms with Gasteiger partial charge in [0.05, 0.1) is 6.61 Å². The fraction of sp³-hybridized carbons (Fsp3) is 0.286. The topological polar surface area (TPSA) is 78.0 Å². The number of thiol groups is 1. The van der Waals surface area contributed by atoms with Crippen molar-refractivity contribution < 1.29 is 13.9 Å². The van der Waals surface area contributed by atoms with E-state index in [1.54, 1.807) is 6.92 Å². The molecular weight excluding hydrogens is 344 g/mol. The highest BCUT2D eigenvalue weighted by Crippen LogP contribution is 2.24. The molecule has 2 aromatic rings. The molecule has 0 bridgehead atoms. The Hall–Kier alpha value is -1.58. The number of aromatic nitrogens is 2. The van der Waals surface area contributed by atoms with Crippen LogP contribution in [0.2, 0.25) is 0 Å². The Bertz CT molecular complexity index is 755. The summed E-state index contributed by atoms with van der Waals surface area (Å²) in [5.74, 6) is -1.51. The fourth-order valence-electron chi connectivity index (χ4n) is 1.70. The Morgan fingerprint density at radius 3 is 2.91 bits per heavy atom. The first-order valence-electron chi connectivity index (χ1n) is 6.68. The van der Waals surface area contributed by atoms with E-state index in [0.717, 1.165) is 17.8 Å². The molecular formula is C14H15F2N3O2S2. The van der Waals surface area contributed by atoms with E-state index in [4.69, 9.17) is 5.11 Å². The van der Waals surface area contributed by atoms with E-state index in [1.165, 1.54) is 12.1 Å². The lowest BCUT2D eigenvalue weighted by Crippen LogP contribution is -2.23. The van der Waals surface area contributed by atoms with E-state index in [0.29, 0.717) is 0 Å². The highest BCUT2D eigenvalue weighted by Gasteiger charge is 2.13. The number of nitrogens with one attached hydrogen (secondary N) is 2.